The summed E-state index contributed by atoms with van der Waals surface area (Å²) in [6.45, 7) is 0. The van der Waals surface area contributed by atoms with Crippen molar-refractivity contribution < 1.29 is 0 Å². The van der Waals surface area contributed by atoms with E-state index in [1.807, 2.05) is 11.1 Å². The largest absolute Gasteiger partial charge is 0.365 e. The van der Waals surface area contributed by atoms with Gasteiger partial charge in [0.2, 0.25) is 0 Å². The molecule has 2 fully saturated rings. The number of hydrogen-bond donors (Lipinski definition) is 0. The molecule has 11 aliphatic rings. The van der Waals surface area contributed by atoms with Crippen molar-refractivity contribution >= 4 is 23.5 Å². The van der Waals surface area contributed by atoms with Gasteiger partial charge in [0.05, 0.1) is 5.41 Å². The summed E-state index contributed by atoms with van der Waals surface area (Å²) in [7, 11) is 0. The van der Waals surface area contributed by atoms with Crippen LogP contribution in [0.3, 0.4) is 0 Å². The van der Waals surface area contributed by atoms with Gasteiger partial charge in [-0.25, -0.2) is 0 Å². The molecule has 1 nitrogen and oxygen atoms in total. The predicted molar refractivity (Wildman–Crippen MR) is 222 cm³/mol. The van der Waals surface area contributed by atoms with Crippen LogP contribution in [-0.4, -0.2) is 22.2 Å². The monoisotopic (exact) mass is 723 g/mol. The molecule has 52 heavy (non-hydrogen) atoms. The number of thioether (sulfide) groups is 2. The van der Waals surface area contributed by atoms with Crippen LogP contribution >= 0.6 is 23.5 Å². The highest BCUT2D eigenvalue weighted by Gasteiger charge is 2.58. The number of rotatable bonds is 3. The van der Waals surface area contributed by atoms with Crippen LogP contribution in [0.1, 0.15) is 116 Å². The van der Waals surface area contributed by atoms with E-state index >= 15 is 0 Å². The summed E-state index contributed by atoms with van der Waals surface area (Å²) < 4.78 is 0. The van der Waals surface area contributed by atoms with Crippen LogP contribution in [0.4, 0.5) is 0 Å². The lowest BCUT2D eigenvalue weighted by molar-refractivity contribution is 0.118. The minimum Gasteiger partial charge on any atom is -0.365 e. The molecule has 3 heteroatoms. The lowest BCUT2D eigenvalue weighted by atomic mass is 9.54. The SMILES string of the molecule is C1=CC(C2C=CC3=C(C2)SC2=C(C=CCC2)C32C3=CCCC=C3SC3CCC(C4CCC5C6=C(C=CCC6)N(C6CC=CCC6)C5C4)=CC32)CCC1. The summed E-state index contributed by atoms with van der Waals surface area (Å²) in [6, 6.07) is 1.40. The Bertz CT molecular complexity index is 1870. The molecule has 270 valence electrons. The van der Waals surface area contributed by atoms with Gasteiger partial charge in [0.25, 0.3) is 0 Å². The second-order valence-electron chi connectivity index (χ2n) is 17.9. The van der Waals surface area contributed by atoms with Crippen LogP contribution in [0, 0.1) is 35.0 Å². The third kappa shape index (κ3) is 5.17. The molecule has 1 saturated carbocycles. The molecule has 0 aromatic carbocycles. The van der Waals surface area contributed by atoms with E-state index in [-0.39, 0.29) is 5.41 Å². The fourth-order valence-corrected chi connectivity index (χ4v) is 16.2. The van der Waals surface area contributed by atoms with E-state index in [1.165, 1.54) is 116 Å². The standard InChI is InChI=1S/C49H57NS2/c1-3-13-32(14-4-1)35-24-27-41-48(31-35)52-46-22-12-9-19-40(46)49(41)39-18-8-11-21-45(39)51-47-28-25-33(29-42(47)49)34-23-26-38-37-17-7-10-20-43(37)50(44(38)30-34)36-15-5-2-6-16-36/h2-3,5,9-10,13,18-21,24,27,29,32,34-36,38,42,44,47H,1,4,6-8,11-12,14-17,22-23,25-26,28,30-31H2. The molecule has 0 bridgehead atoms. The Morgan fingerprint density at radius 2 is 1.63 bits per heavy atom. The molecular formula is C49H57NS2. The average molecular weight is 724 g/mol. The van der Waals surface area contributed by atoms with Gasteiger partial charge in [-0.15, -0.1) is 11.8 Å². The summed E-state index contributed by atoms with van der Waals surface area (Å²) in [6.07, 6.45) is 57.2. The fourth-order valence-electron chi connectivity index (χ4n) is 13.1. The molecule has 3 aliphatic heterocycles. The second kappa shape index (κ2) is 13.4. The van der Waals surface area contributed by atoms with Gasteiger partial charge in [-0.05, 0) is 172 Å². The first-order valence-corrected chi connectivity index (χ1v) is 23.2. The fraction of sp³-hybridized carbons (Fsp3) is 0.551. The third-order valence-corrected chi connectivity index (χ3v) is 18.1. The minimum absolute atomic E-state index is 0.0268. The van der Waals surface area contributed by atoms with Crippen molar-refractivity contribution in [2.24, 2.45) is 35.0 Å². The zero-order valence-electron chi connectivity index (χ0n) is 31.1. The Balaban J connectivity index is 0.993. The Morgan fingerprint density at radius 1 is 0.712 bits per heavy atom. The molecule has 3 heterocycles. The van der Waals surface area contributed by atoms with E-state index in [9.17, 15) is 0 Å². The maximum absolute atomic E-state index is 3.00. The molecule has 0 aromatic rings. The molecule has 9 unspecified atom stereocenters. The molecular weight excluding hydrogens is 667 g/mol. The lowest BCUT2D eigenvalue weighted by Gasteiger charge is -2.57. The Hall–Kier alpha value is -2.36. The van der Waals surface area contributed by atoms with Gasteiger partial charge in [-0.3, -0.25) is 0 Å². The van der Waals surface area contributed by atoms with Gasteiger partial charge in [-0.1, -0.05) is 90.2 Å². The van der Waals surface area contributed by atoms with Crippen molar-refractivity contribution in [1.29, 1.82) is 0 Å². The molecule has 8 aliphatic carbocycles. The average Bonchev–Trinajstić information content (AvgIpc) is 3.55. The van der Waals surface area contributed by atoms with Crippen LogP contribution < -0.4 is 0 Å². The van der Waals surface area contributed by atoms with Crippen LogP contribution in [0.5, 0.6) is 0 Å². The zero-order valence-corrected chi connectivity index (χ0v) is 32.7. The van der Waals surface area contributed by atoms with E-state index in [2.05, 4.69) is 107 Å². The molecule has 1 spiro atoms. The summed E-state index contributed by atoms with van der Waals surface area (Å²) in [4.78, 5) is 8.07. The highest BCUT2D eigenvalue weighted by atomic mass is 32.2. The second-order valence-corrected chi connectivity index (χ2v) is 20.4. The maximum atomic E-state index is 3.00. The zero-order chi connectivity index (χ0) is 34.2. The van der Waals surface area contributed by atoms with Crippen LogP contribution in [0.25, 0.3) is 0 Å². The van der Waals surface area contributed by atoms with Gasteiger partial charge in [0.1, 0.15) is 0 Å². The number of hydrogen-bond acceptors (Lipinski definition) is 3. The van der Waals surface area contributed by atoms with E-state index in [0.29, 0.717) is 35.1 Å². The van der Waals surface area contributed by atoms with Crippen LogP contribution in [0.2, 0.25) is 0 Å². The number of allylic oxidation sites excluding steroid dienone is 18. The Kier molecular flexibility index (Phi) is 8.53. The summed E-state index contributed by atoms with van der Waals surface area (Å²) in [5.41, 5.74) is 10.4. The molecule has 0 amide bonds. The van der Waals surface area contributed by atoms with E-state index in [4.69, 9.17) is 0 Å². The van der Waals surface area contributed by atoms with E-state index < -0.39 is 0 Å². The highest BCUT2D eigenvalue weighted by Crippen LogP contribution is 2.70. The van der Waals surface area contributed by atoms with E-state index in [0.717, 1.165) is 11.8 Å². The molecule has 1 saturated heterocycles. The predicted octanol–water partition coefficient (Wildman–Crippen LogP) is 13.4. The van der Waals surface area contributed by atoms with Gasteiger partial charge in [-0.2, -0.15) is 0 Å². The van der Waals surface area contributed by atoms with E-state index in [1.54, 1.807) is 37.1 Å². The van der Waals surface area contributed by atoms with Crippen LogP contribution in [0.15, 0.2) is 127 Å². The minimum atomic E-state index is -0.0268. The summed E-state index contributed by atoms with van der Waals surface area (Å²) in [5.74, 6) is 3.43. The summed E-state index contributed by atoms with van der Waals surface area (Å²) >= 11 is 4.49. The molecule has 0 aromatic heterocycles. The molecule has 0 N–H and O–H groups in total. The summed E-state index contributed by atoms with van der Waals surface area (Å²) in [5, 5.41) is 0.658. The van der Waals surface area contributed by atoms with Crippen molar-refractivity contribution in [2.75, 3.05) is 0 Å². The first kappa shape index (κ1) is 33.0. The Labute approximate surface area is 322 Å². The molecule has 0 radical (unpaired) electrons. The lowest BCUT2D eigenvalue weighted by Crippen LogP contribution is -2.48. The highest BCUT2D eigenvalue weighted by molar-refractivity contribution is 8.06. The topological polar surface area (TPSA) is 3.24 Å². The van der Waals surface area contributed by atoms with Crippen molar-refractivity contribution in [3.05, 3.63) is 127 Å². The first-order valence-electron chi connectivity index (χ1n) is 21.5. The van der Waals surface area contributed by atoms with Gasteiger partial charge < -0.3 is 4.90 Å². The van der Waals surface area contributed by atoms with Gasteiger partial charge in [0.15, 0.2) is 0 Å². The van der Waals surface area contributed by atoms with Crippen molar-refractivity contribution in [2.45, 2.75) is 133 Å². The van der Waals surface area contributed by atoms with Crippen LogP contribution in [-0.2, 0) is 0 Å². The number of nitrogens with zero attached hydrogens (tertiary/aromatic N) is 1. The van der Waals surface area contributed by atoms with Gasteiger partial charge in [0, 0.05) is 39.8 Å². The smallest absolute Gasteiger partial charge is 0.0547 e. The van der Waals surface area contributed by atoms with Crippen molar-refractivity contribution in [3.63, 3.8) is 0 Å². The maximum Gasteiger partial charge on any atom is 0.0547 e. The first-order chi connectivity index (χ1) is 25.8. The van der Waals surface area contributed by atoms with Gasteiger partial charge >= 0.3 is 0 Å². The van der Waals surface area contributed by atoms with Crippen molar-refractivity contribution in [3.8, 4) is 0 Å². The normalized spacial score (nSPS) is 40.5. The Morgan fingerprint density at radius 3 is 2.56 bits per heavy atom. The number of fused-ring (bicyclic) bond motifs is 8. The molecule has 11 rings (SSSR count). The third-order valence-electron chi connectivity index (χ3n) is 15.4. The van der Waals surface area contributed by atoms with Crippen molar-refractivity contribution in [1.82, 2.24) is 4.90 Å². The quantitative estimate of drug-likeness (QED) is 0.267. The molecule has 9 atom stereocenters.